The molecule has 0 atom stereocenters. The molecule has 12 heteroatoms. The van der Waals surface area contributed by atoms with Gasteiger partial charge in [0.2, 0.25) is 11.0 Å². The van der Waals surface area contributed by atoms with Gasteiger partial charge in [0.05, 0.1) is 24.2 Å². The highest BCUT2D eigenvalue weighted by molar-refractivity contribution is 8.01. The summed E-state index contributed by atoms with van der Waals surface area (Å²) in [6.07, 6.45) is 1.56. The highest BCUT2D eigenvalue weighted by atomic mass is 32.2. The van der Waals surface area contributed by atoms with Crippen LogP contribution in [0.5, 0.6) is 5.75 Å². The first-order valence-corrected chi connectivity index (χ1v) is 12.4. The molecule has 0 saturated heterocycles. The number of ether oxygens (including phenoxy) is 1. The number of hydrogen-bond donors (Lipinski definition) is 2. The monoisotopic (exact) mass is 512 g/mol. The van der Waals surface area contributed by atoms with Gasteiger partial charge in [-0.25, -0.2) is 9.07 Å². The number of carbonyl (C=O) groups excluding carboxylic acids is 2. The molecule has 2 heterocycles. The summed E-state index contributed by atoms with van der Waals surface area (Å²) in [7, 11) is 0. The van der Waals surface area contributed by atoms with Crippen LogP contribution >= 0.6 is 23.1 Å². The second kappa shape index (κ2) is 11.6. The number of rotatable bonds is 10. The van der Waals surface area contributed by atoms with Crippen LogP contribution in [0.15, 0.2) is 65.1 Å². The van der Waals surface area contributed by atoms with Crippen molar-refractivity contribution in [3.8, 4) is 11.4 Å². The summed E-state index contributed by atoms with van der Waals surface area (Å²) in [5.41, 5.74) is 1.65. The molecule has 0 unspecified atom stereocenters. The van der Waals surface area contributed by atoms with Gasteiger partial charge < -0.3 is 10.1 Å². The summed E-state index contributed by atoms with van der Waals surface area (Å²) in [6, 6.07) is 15.3. The van der Waals surface area contributed by atoms with Crippen LogP contribution in [0.1, 0.15) is 23.0 Å². The predicted molar refractivity (Wildman–Crippen MR) is 132 cm³/mol. The Hall–Kier alpha value is -3.77. The third kappa shape index (κ3) is 6.64. The zero-order chi connectivity index (χ0) is 24.6. The molecule has 0 saturated carbocycles. The first-order chi connectivity index (χ1) is 17.0. The number of thioether (sulfide) groups is 1. The summed E-state index contributed by atoms with van der Waals surface area (Å²) < 4.78 is 20.8. The lowest BCUT2D eigenvalue weighted by atomic mass is 10.2. The van der Waals surface area contributed by atoms with Gasteiger partial charge >= 0.3 is 0 Å². The molecular formula is C23H21FN6O3S2. The van der Waals surface area contributed by atoms with Crippen molar-refractivity contribution in [3.63, 3.8) is 0 Å². The van der Waals surface area contributed by atoms with Crippen molar-refractivity contribution in [2.24, 2.45) is 0 Å². The minimum Gasteiger partial charge on any atom is -0.490 e. The maximum atomic E-state index is 13.2. The van der Waals surface area contributed by atoms with Crippen LogP contribution in [-0.2, 0) is 11.3 Å². The molecule has 0 aliphatic heterocycles. The van der Waals surface area contributed by atoms with Crippen molar-refractivity contribution in [3.05, 3.63) is 77.9 Å². The second-order valence-corrected chi connectivity index (χ2v) is 9.27. The van der Waals surface area contributed by atoms with E-state index in [-0.39, 0.29) is 34.1 Å². The van der Waals surface area contributed by atoms with E-state index in [2.05, 4.69) is 25.9 Å². The van der Waals surface area contributed by atoms with Crippen molar-refractivity contribution >= 4 is 40.0 Å². The van der Waals surface area contributed by atoms with Gasteiger partial charge in [-0.3, -0.25) is 14.9 Å². The van der Waals surface area contributed by atoms with Gasteiger partial charge in [-0.05, 0) is 36.8 Å². The molecule has 180 valence electrons. The van der Waals surface area contributed by atoms with E-state index >= 15 is 0 Å². The molecule has 0 radical (unpaired) electrons. The standard InChI is InChI=1S/C23H21FN6O3S2/c1-2-33-18-13-30(17-10-8-16(24)9-11-17)29-20(18)21(32)26-22-27-28-23(35-22)34-14-19(31)25-12-15-6-4-3-5-7-15/h3-11,13H,2,12,14H2,1H3,(H,25,31)(H,26,27,32). The van der Waals surface area contributed by atoms with E-state index in [9.17, 15) is 14.0 Å². The van der Waals surface area contributed by atoms with E-state index in [1.807, 2.05) is 30.3 Å². The number of amides is 2. The number of carbonyl (C=O) groups is 2. The van der Waals surface area contributed by atoms with Gasteiger partial charge in [-0.1, -0.05) is 53.4 Å². The van der Waals surface area contributed by atoms with Gasteiger partial charge in [-0.2, -0.15) is 5.10 Å². The average Bonchev–Trinajstić information content (AvgIpc) is 3.50. The number of anilines is 1. The van der Waals surface area contributed by atoms with Crippen LogP contribution in [0, 0.1) is 5.82 Å². The first kappa shape index (κ1) is 24.4. The molecule has 0 fully saturated rings. The molecular weight excluding hydrogens is 491 g/mol. The Kier molecular flexibility index (Phi) is 8.06. The van der Waals surface area contributed by atoms with Crippen LogP contribution in [0.25, 0.3) is 5.69 Å². The van der Waals surface area contributed by atoms with E-state index in [0.717, 1.165) is 16.9 Å². The van der Waals surface area contributed by atoms with Crippen LogP contribution in [0.4, 0.5) is 9.52 Å². The van der Waals surface area contributed by atoms with Crippen molar-refractivity contribution in [1.29, 1.82) is 0 Å². The summed E-state index contributed by atoms with van der Waals surface area (Å²) in [5, 5.41) is 18.1. The lowest BCUT2D eigenvalue weighted by Crippen LogP contribution is -2.24. The largest absolute Gasteiger partial charge is 0.490 e. The molecule has 2 aromatic carbocycles. The molecule has 0 aliphatic carbocycles. The number of hydrogen-bond acceptors (Lipinski definition) is 8. The highest BCUT2D eigenvalue weighted by Gasteiger charge is 2.21. The minimum absolute atomic E-state index is 0.0564. The molecule has 9 nitrogen and oxygen atoms in total. The maximum absolute atomic E-state index is 13.2. The molecule has 4 aromatic rings. The highest BCUT2D eigenvalue weighted by Crippen LogP contribution is 2.27. The van der Waals surface area contributed by atoms with E-state index in [1.165, 1.54) is 28.6 Å². The Morgan fingerprint density at radius 2 is 1.89 bits per heavy atom. The molecule has 0 spiro atoms. The van der Waals surface area contributed by atoms with Crippen molar-refractivity contribution < 1.29 is 18.7 Å². The Bertz CT molecular complexity index is 1290. The fourth-order valence-corrected chi connectivity index (χ4v) is 4.53. The third-order valence-corrected chi connectivity index (χ3v) is 6.54. The van der Waals surface area contributed by atoms with Crippen molar-refractivity contribution in [2.45, 2.75) is 17.8 Å². The fourth-order valence-electron chi connectivity index (χ4n) is 2.95. The third-order valence-electron chi connectivity index (χ3n) is 4.57. The summed E-state index contributed by atoms with van der Waals surface area (Å²) in [5.74, 6) is -0.576. The lowest BCUT2D eigenvalue weighted by molar-refractivity contribution is -0.118. The topological polar surface area (TPSA) is 111 Å². The fraction of sp³-hybridized carbons (Fsp3) is 0.174. The van der Waals surface area contributed by atoms with Crippen LogP contribution < -0.4 is 15.4 Å². The number of nitrogens with one attached hydrogen (secondary N) is 2. The summed E-state index contributed by atoms with van der Waals surface area (Å²) in [4.78, 5) is 25.0. The summed E-state index contributed by atoms with van der Waals surface area (Å²) >= 11 is 2.38. The van der Waals surface area contributed by atoms with Gasteiger partial charge in [0.1, 0.15) is 5.82 Å². The number of aromatic nitrogens is 4. The zero-order valence-electron chi connectivity index (χ0n) is 18.6. The Morgan fingerprint density at radius 1 is 1.11 bits per heavy atom. The van der Waals surface area contributed by atoms with Crippen molar-refractivity contribution in [1.82, 2.24) is 25.3 Å². The Balaban J connectivity index is 1.35. The number of benzene rings is 2. The maximum Gasteiger partial charge on any atom is 0.281 e. The van der Waals surface area contributed by atoms with Gasteiger partial charge in [0.25, 0.3) is 5.91 Å². The quantitative estimate of drug-likeness (QED) is 0.245. The van der Waals surface area contributed by atoms with Crippen LogP contribution in [0.2, 0.25) is 0 Å². The molecule has 2 aromatic heterocycles. The van der Waals surface area contributed by atoms with Gasteiger partial charge in [-0.15, -0.1) is 10.2 Å². The zero-order valence-corrected chi connectivity index (χ0v) is 20.2. The smallest absolute Gasteiger partial charge is 0.281 e. The lowest BCUT2D eigenvalue weighted by Gasteiger charge is -2.03. The van der Waals surface area contributed by atoms with E-state index < -0.39 is 5.91 Å². The molecule has 2 amide bonds. The normalized spacial score (nSPS) is 10.7. The molecule has 35 heavy (non-hydrogen) atoms. The Labute approximate surface area is 208 Å². The first-order valence-electron chi connectivity index (χ1n) is 10.6. The van der Waals surface area contributed by atoms with E-state index in [1.54, 1.807) is 25.3 Å². The van der Waals surface area contributed by atoms with Gasteiger partial charge in [0.15, 0.2) is 15.8 Å². The molecule has 0 aliphatic rings. The van der Waals surface area contributed by atoms with E-state index in [0.29, 0.717) is 23.2 Å². The van der Waals surface area contributed by atoms with E-state index in [4.69, 9.17) is 4.74 Å². The van der Waals surface area contributed by atoms with Crippen LogP contribution in [-0.4, -0.2) is 44.2 Å². The molecule has 2 N–H and O–H groups in total. The minimum atomic E-state index is -0.525. The average molecular weight is 513 g/mol. The SMILES string of the molecule is CCOc1cn(-c2ccc(F)cc2)nc1C(=O)Nc1nnc(SCC(=O)NCc2ccccc2)s1. The number of nitrogens with zero attached hydrogens (tertiary/aromatic N) is 4. The van der Waals surface area contributed by atoms with Crippen molar-refractivity contribution in [2.75, 3.05) is 17.7 Å². The Morgan fingerprint density at radius 3 is 2.63 bits per heavy atom. The molecule has 0 bridgehead atoms. The van der Waals surface area contributed by atoms with Gasteiger partial charge in [0, 0.05) is 6.54 Å². The summed E-state index contributed by atoms with van der Waals surface area (Å²) in [6.45, 7) is 2.58. The molecule has 4 rings (SSSR count). The van der Waals surface area contributed by atoms with Crippen LogP contribution in [0.3, 0.4) is 0 Å². The predicted octanol–water partition coefficient (Wildman–Crippen LogP) is 3.92. The number of halogens is 1. The second-order valence-electron chi connectivity index (χ2n) is 7.07.